The number of ether oxygens (including phenoxy) is 1. The highest BCUT2D eigenvalue weighted by Gasteiger charge is 2.14. The highest BCUT2D eigenvalue weighted by atomic mass is 35.5. The van der Waals surface area contributed by atoms with E-state index in [1.54, 1.807) is 32.0 Å². The fraction of sp³-hybridized carbons (Fsp3) is 0.375. The largest absolute Gasteiger partial charge is 0.488 e. The van der Waals surface area contributed by atoms with Gasteiger partial charge >= 0.3 is 0 Å². The van der Waals surface area contributed by atoms with Crippen molar-refractivity contribution in [3.05, 3.63) is 46.6 Å². The van der Waals surface area contributed by atoms with E-state index in [-0.39, 0.29) is 35.9 Å². The van der Waals surface area contributed by atoms with E-state index in [2.05, 4.69) is 10.5 Å². The summed E-state index contributed by atoms with van der Waals surface area (Å²) in [6.07, 6.45) is 0.701. The minimum absolute atomic E-state index is 0.147. The summed E-state index contributed by atoms with van der Waals surface area (Å²) >= 11 is 5.85. The quantitative estimate of drug-likeness (QED) is 0.840. The van der Waals surface area contributed by atoms with Crippen molar-refractivity contribution in [2.75, 3.05) is 6.61 Å². The molecule has 124 valence electrons. The van der Waals surface area contributed by atoms with E-state index in [0.29, 0.717) is 12.1 Å². The average Bonchev–Trinajstić information content (AvgIpc) is 2.83. The van der Waals surface area contributed by atoms with Crippen LogP contribution in [0.1, 0.15) is 24.6 Å². The number of rotatable bonds is 7. The van der Waals surface area contributed by atoms with Crippen LogP contribution in [0.15, 0.2) is 28.8 Å². The van der Waals surface area contributed by atoms with Gasteiger partial charge < -0.3 is 14.6 Å². The van der Waals surface area contributed by atoms with Gasteiger partial charge in [-0.3, -0.25) is 4.79 Å². The van der Waals surface area contributed by atoms with Gasteiger partial charge in [0.25, 0.3) is 0 Å². The van der Waals surface area contributed by atoms with Crippen molar-refractivity contribution < 1.29 is 18.4 Å². The zero-order valence-corrected chi connectivity index (χ0v) is 13.7. The number of aromatic nitrogens is 1. The third-order valence-electron chi connectivity index (χ3n) is 3.27. The molecule has 1 atom stereocenters. The molecule has 1 amide bonds. The van der Waals surface area contributed by atoms with E-state index in [0.717, 1.165) is 5.56 Å². The third kappa shape index (κ3) is 4.96. The summed E-state index contributed by atoms with van der Waals surface area (Å²) in [5.74, 6) is -0.407. The number of hydrogen-bond donors (Lipinski definition) is 1. The molecule has 1 unspecified atom stereocenters. The Morgan fingerprint density at radius 2 is 2.22 bits per heavy atom. The van der Waals surface area contributed by atoms with Gasteiger partial charge in [-0.2, -0.15) is 0 Å². The van der Waals surface area contributed by atoms with Crippen LogP contribution in [-0.4, -0.2) is 23.7 Å². The van der Waals surface area contributed by atoms with E-state index in [1.165, 1.54) is 6.07 Å². The molecular formula is C16H18ClFN2O3. The molecule has 1 heterocycles. The summed E-state index contributed by atoms with van der Waals surface area (Å²) in [5.41, 5.74) is 1.41. The summed E-state index contributed by atoms with van der Waals surface area (Å²) in [6.45, 7) is 3.74. The first kappa shape index (κ1) is 17.3. The fourth-order valence-corrected chi connectivity index (χ4v) is 2.31. The Labute approximate surface area is 138 Å². The van der Waals surface area contributed by atoms with Gasteiger partial charge in [0.15, 0.2) is 11.6 Å². The minimum Gasteiger partial charge on any atom is -0.488 e. The molecule has 0 aliphatic rings. The van der Waals surface area contributed by atoms with Crippen molar-refractivity contribution in [3.8, 4) is 5.75 Å². The van der Waals surface area contributed by atoms with Crippen LogP contribution in [0.5, 0.6) is 5.75 Å². The number of nitrogens with one attached hydrogen (secondary N) is 1. The van der Waals surface area contributed by atoms with E-state index in [1.807, 2.05) is 0 Å². The Hall–Kier alpha value is -2.08. The first-order valence-electron chi connectivity index (χ1n) is 7.24. The molecular weight excluding hydrogens is 323 g/mol. The minimum atomic E-state index is -0.427. The number of nitrogens with zero attached hydrogens (tertiary/aromatic N) is 1. The third-order valence-corrected chi connectivity index (χ3v) is 3.57. The maximum Gasteiger partial charge on any atom is 0.229 e. The lowest BCUT2D eigenvalue weighted by molar-refractivity contribution is -0.121. The Morgan fingerprint density at radius 1 is 1.48 bits per heavy atom. The van der Waals surface area contributed by atoms with Crippen LogP contribution < -0.4 is 10.1 Å². The zero-order chi connectivity index (χ0) is 16.8. The molecule has 1 aromatic carbocycles. The second-order valence-corrected chi connectivity index (χ2v) is 5.57. The van der Waals surface area contributed by atoms with E-state index in [9.17, 15) is 9.18 Å². The number of benzene rings is 1. The molecule has 0 saturated heterocycles. The molecule has 0 saturated carbocycles. The summed E-state index contributed by atoms with van der Waals surface area (Å²) in [5, 5.41) is 6.74. The normalized spacial score (nSPS) is 12.0. The second kappa shape index (κ2) is 7.97. The number of para-hydroxylation sites is 1. The van der Waals surface area contributed by atoms with Gasteiger partial charge in [-0.15, -0.1) is 0 Å². The fourth-order valence-electron chi connectivity index (χ4n) is 2.04. The lowest BCUT2D eigenvalue weighted by Crippen LogP contribution is -2.37. The van der Waals surface area contributed by atoms with Gasteiger partial charge in [0.05, 0.1) is 11.7 Å². The van der Waals surface area contributed by atoms with Crippen molar-refractivity contribution in [1.29, 1.82) is 0 Å². The summed E-state index contributed by atoms with van der Waals surface area (Å²) < 4.78 is 23.6. The molecule has 2 rings (SSSR count). The second-order valence-electron chi connectivity index (χ2n) is 5.23. The standard InChI is InChI=1S/C16H18ClFN2O3/c1-10(9-22-14-6-4-3-5-13(14)18)19-15(21)8-7-12-11(2)20-23-16(12)17/h3-6,10H,7-9H2,1-2H3,(H,19,21). The number of halogens is 2. The maximum absolute atomic E-state index is 13.4. The Morgan fingerprint density at radius 3 is 2.87 bits per heavy atom. The van der Waals surface area contributed by atoms with E-state index < -0.39 is 5.82 Å². The van der Waals surface area contributed by atoms with Crippen LogP contribution in [0.3, 0.4) is 0 Å². The molecule has 0 radical (unpaired) electrons. The highest BCUT2D eigenvalue weighted by molar-refractivity contribution is 6.29. The predicted octanol–water partition coefficient (Wildman–Crippen LogP) is 3.29. The van der Waals surface area contributed by atoms with Crippen LogP contribution >= 0.6 is 11.6 Å². The predicted molar refractivity (Wildman–Crippen MR) is 84.1 cm³/mol. The molecule has 0 aliphatic heterocycles. The van der Waals surface area contributed by atoms with Crippen LogP contribution in [0.4, 0.5) is 4.39 Å². The number of amides is 1. The lowest BCUT2D eigenvalue weighted by Gasteiger charge is -2.15. The van der Waals surface area contributed by atoms with Crippen molar-refractivity contribution in [2.24, 2.45) is 0 Å². The van der Waals surface area contributed by atoms with Crippen molar-refractivity contribution in [1.82, 2.24) is 10.5 Å². The summed E-state index contributed by atoms with van der Waals surface area (Å²) in [6, 6.07) is 5.89. The van der Waals surface area contributed by atoms with E-state index in [4.69, 9.17) is 20.9 Å². The average molecular weight is 341 g/mol. The van der Waals surface area contributed by atoms with Gasteiger partial charge in [0, 0.05) is 12.0 Å². The van der Waals surface area contributed by atoms with Crippen molar-refractivity contribution in [3.63, 3.8) is 0 Å². The summed E-state index contributed by atoms with van der Waals surface area (Å²) in [7, 11) is 0. The van der Waals surface area contributed by atoms with Crippen LogP contribution in [0.25, 0.3) is 0 Å². The summed E-state index contributed by atoms with van der Waals surface area (Å²) in [4.78, 5) is 11.9. The highest BCUT2D eigenvalue weighted by Crippen LogP contribution is 2.20. The van der Waals surface area contributed by atoms with Gasteiger partial charge in [-0.05, 0) is 44.0 Å². The smallest absolute Gasteiger partial charge is 0.229 e. The van der Waals surface area contributed by atoms with Crippen LogP contribution in [0, 0.1) is 12.7 Å². The van der Waals surface area contributed by atoms with Crippen LogP contribution in [0.2, 0.25) is 5.22 Å². The monoisotopic (exact) mass is 340 g/mol. The molecule has 2 aromatic rings. The van der Waals surface area contributed by atoms with Gasteiger partial charge in [0.1, 0.15) is 6.61 Å². The number of carbonyl (C=O) groups excluding carboxylic acids is 1. The van der Waals surface area contributed by atoms with Crippen molar-refractivity contribution in [2.45, 2.75) is 32.7 Å². The topological polar surface area (TPSA) is 64.4 Å². The van der Waals surface area contributed by atoms with Crippen molar-refractivity contribution >= 4 is 17.5 Å². The molecule has 1 N–H and O–H groups in total. The number of aryl methyl sites for hydroxylation is 1. The maximum atomic E-state index is 13.4. The molecule has 0 spiro atoms. The number of carbonyl (C=O) groups is 1. The van der Waals surface area contributed by atoms with Gasteiger partial charge in [-0.1, -0.05) is 17.3 Å². The van der Waals surface area contributed by atoms with Gasteiger partial charge in [0.2, 0.25) is 11.1 Å². The van der Waals surface area contributed by atoms with Gasteiger partial charge in [-0.25, -0.2) is 4.39 Å². The molecule has 23 heavy (non-hydrogen) atoms. The number of hydrogen-bond acceptors (Lipinski definition) is 4. The molecule has 5 nitrogen and oxygen atoms in total. The Bertz CT molecular complexity index is 656. The first-order valence-corrected chi connectivity index (χ1v) is 7.62. The SMILES string of the molecule is Cc1noc(Cl)c1CCC(=O)NC(C)COc1ccccc1F. The molecule has 0 aliphatic carbocycles. The molecule has 1 aromatic heterocycles. The molecule has 0 fully saturated rings. The first-order chi connectivity index (χ1) is 11.0. The van der Waals surface area contributed by atoms with Crippen LogP contribution in [-0.2, 0) is 11.2 Å². The lowest BCUT2D eigenvalue weighted by atomic mass is 10.1. The van der Waals surface area contributed by atoms with E-state index >= 15 is 0 Å². The Kier molecular flexibility index (Phi) is 5.98. The Balaban J connectivity index is 1.75. The zero-order valence-electron chi connectivity index (χ0n) is 12.9. The molecule has 0 bridgehead atoms. The molecule has 7 heteroatoms.